The highest BCUT2D eigenvalue weighted by molar-refractivity contribution is 7.93. The van der Waals surface area contributed by atoms with E-state index >= 15 is 0 Å². The Labute approximate surface area is 192 Å². The van der Waals surface area contributed by atoms with E-state index in [4.69, 9.17) is 17.3 Å². The monoisotopic (exact) mass is 476 g/mol. The Hall–Kier alpha value is -2.45. The van der Waals surface area contributed by atoms with Crippen LogP contribution in [0.2, 0.25) is 5.02 Å². The summed E-state index contributed by atoms with van der Waals surface area (Å²) in [6.45, 7) is 6.65. The van der Waals surface area contributed by atoms with Crippen LogP contribution in [0.15, 0.2) is 41.5 Å². The van der Waals surface area contributed by atoms with Gasteiger partial charge in [0, 0.05) is 17.5 Å². The summed E-state index contributed by atoms with van der Waals surface area (Å²) >= 11 is 6.09. The summed E-state index contributed by atoms with van der Waals surface area (Å²) in [6.07, 6.45) is 3.08. The van der Waals surface area contributed by atoms with Crippen LogP contribution in [0, 0.1) is 12.7 Å². The van der Waals surface area contributed by atoms with Gasteiger partial charge in [-0.1, -0.05) is 23.7 Å². The standard InChI is InChI=1S/C23H26ClFN4O2S/c1-14-19(27-20-10-7-16(24)12-29(14)20)9-6-15-5-8-18(25)17(11-15)23(4)13-32(30,31)22(2,3)21(26)28-23/h5,7-8,10-12H,6,9,13H2,1-4H3,(H2,26,28)/t23-/m0/s1. The van der Waals surface area contributed by atoms with Crippen LogP contribution < -0.4 is 5.73 Å². The molecule has 6 nitrogen and oxygen atoms in total. The second kappa shape index (κ2) is 7.56. The van der Waals surface area contributed by atoms with Crippen LogP contribution in [0.4, 0.5) is 4.39 Å². The highest BCUT2D eigenvalue weighted by Gasteiger charge is 2.49. The van der Waals surface area contributed by atoms with Gasteiger partial charge in [-0.05, 0) is 64.3 Å². The van der Waals surface area contributed by atoms with E-state index in [1.807, 2.05) is 23.6 Å². The lowest BCUT2D eigenvalue weighted by Crippen LogP contribution is -2.55. The molecule has 0 fully saturated rings. The topological polar surface area (TPSA) is 89.8 Å². The molecule has 9 heteroatoms. The van der Waals surface area contributed by atoms with E-state index in [1.165, 1.54) is 19.9 Å². The van der Waals surface area contributed by atoms with E-state index in [9.17, 15) is 12.8 Å². The summed E-state index contributed by atoms with van der Waals surface area (Å²) in [7, 11) is -3.62. The van der Waals surface area contributed by atoms with Gasteiger partial charge in [0.05, 0.1) is 16.5 Å². The summed E-state index contributed by atoms with van der Waals surface area (Å²) in [5.41, 5.74) is 8.57. The van der Waals surface area contributed by atoms with Gasteiger partial charge in [0.2, 0.25) is 0 Å². The fraction of sp³-hybridized carbons (Fsp3) is 0.391. The number of nitrogens with two attached hydrogens (primary N) is 1. The van der Waals surface area contributed by atoms with Gasteiger partial charge in [-0.3, -0.25) is 4.99 Å². The highest BCUT2D eigenvalue weighted by atomic mass is 35.5. The number of nitrogens with zero attached hydrogens (tertiary/aromatic N) is 3. The SMILES string of the molecule is Cc1c(CCc2ccc(F)c([C@]3(C)CS(=O)(=O)C(C)(C)C(N)=N3)c2)nc2ccc(Cl)cn12. The van der Waals surface area contributed by atoms with Crippen LogP contribution in [0.1, 0.15) is 43.3 Å². The van der Waals surface area contributed by atoms with Crippen molar-refractivity contribution in [2.75, 3.05) is 5.75 Å². The molecule has 1 aromatic carbocycles. The number of halogens is 2. The quantitative estimate of drug-likeness (QED) is 0.616. The van der Waals surface area contributed by atoms with Crippen molar-refractivity contribution in [2.24, 2.45) is 10.7 Å². The number of sulfone groups is 1. The van der Waals surface area contributed by atoms with Gasteiger partial charge < -0.3 is 10.1 Å². The molecule has 1 aliphatic rings. The zero-order valence-electron chi connectivity index (χ0n) is 18.5. The highest BCUT2D eigenvalue weighted by Crippen LogP contribution is 2.38. The molecule has 3 aromatic rings. The predicted octanol–water partition coefficient (Wildman–Crippen LogP) is 4.00. The van der Waals surface area contributed by atoms with E-state index in [0.29, 0.717) is 17.9 Å². The van der Waals surface area contributed by atoms with Crippen LogP contribution in [0.3, 0.4) is 0 Å². The van der Waals surface area contributed by atoms with E-state index in [2.05, 4.69) is 9.98 Å². The Morgan fingerprint density at radius 2 is 1.91 bits per heavy atom. The first kappa shape index (κ1) is 22.7. The second-order valence-corrected chi connectivity index (χ2v) is 12.0. The lowest BCUT2D eigenvalue weighted by Gasteiger charge is -2.38. The van der Waals surface area contributed by atoms with E-state index < -0.39 is 25.9 Å². The fourth-order valence-electron chi connectivity index (χ4n) is 4.11. The van der Waals surface area contributed by atoms with Crippen LogP contribution in [0.25, 0.3) is 5.65 Å². The number of rotatable bonds is 4. The number of amidine groups is 1. The number of hydrogen-bond acceptors (Lipinski definition) is 5. The number of hydrogen-bond donors (Lipinski definition) is 1. The van der Waals surface area contributed by atoms with Crippen LogP contribution in [-0.4, -0.2) is 34.1 Å². The predicted molar refractivity (Wildman–Crippen MR) is 126 cm³/mol. The maximum absolute atomic E-state index is 14.8. The minimum Gasteiger partial charge on any atom is -0.386 e. The summed E-state index contributed by atoms with van der Waals surface area (Å²) in [5, 5.41) is 0.631. The van der Waals surface area contributed by atoms with Crippen LogP contribution in [0.5, 0.6) is 0 Å². The molecule has 0 aliphatic carbocycles. The molecule has 0 amide bonds. The molecule has 0 bridgehead atoms. The van der Waals surface area contributed by atoms with Crippen molar-refractivity contribution in [3.05, 3.63) is 69.9 Å². The van der Waals surface area contributed by atoms with E-state index in [0.717, 1.165) is 22.6 Å². The molecule has 0 radical (unpaired) electrons. The molecule has 32 heavy (non-hydrogen) atoms. The van der Waals surface area contributed by atoms with Crippen LogP contribution >= 0.6 is 11.6 Å². The number of pyridine rings is 1. The molecule has 0 unspecified atom stereocenters. The van der Waals surface area contributed by atoms with Gasteiger partial charge in [-0.25, -0.2) is 17.8 Å². The summed E-state index contributed by atoms with van der Waals surface area (Å²) in [6, 6.07) is 8.43. The average Bonchev–Trinajstić information content (AvgIpc) is 3.01. The molecule has 3 heterocycles. The molecular weight excluding hydrogens is 451 g/mol. The molecule has 1 atom stereocenters. The van der Waals surface area contributed by atoms with Crippen molar-refractivity contribution in [2.45, 2.75) is 50.8 Å². The Morgan fingerprint density at radius 3 is 2.59 bits per heavy atom. The smallest absolute Gasteiger partial charge is 0.165 e. The van der Waals surface area contributed by atoms with E-state index in [-0.39, 0.29) is 17.2 Å². The molecule has 2 N–H and O–H groups in total. The van der Waals surface area contributed by atoms with Crippen molar-refractivity contribution in [3.63, 3.8) is 0 Å². The normalized spacial score (nSPS) is 22.1. The molecule has 2 aromatic heterocycles. The Balaban J connectivity index is 1.66. The molecule has 0 spiro atoms. The van der Waals surface area contributed by atoms with Crippen molar-refractivity contribution in [3.8, 4) is 0 Å². The Morgan fingerprint density at radius 1 is 1.19 bits per heavy atom. The van der Waals surface area contributed by atoms with Crippen molar-refractivity contribution >= 4 is 32.9 Å². The third kappa shape index (κ3) is 3.69. The van der Waals surface area contributed by atoms with E-state index in [1.54, 1.807) is 25.1 Å². The Bertz CT molecular complexity index is 1360. The number of benzene rings is 1. The maximum atomic E-state index is 14.8. The first-order valence-corrected chi connectivity index (χ1v) is 12.4. The minimum atomic E-state index is -3.62. The van der Waals surface area contributed by atoms with Gasteiger partial charge >= 0.3 is 0 Å². The van der Waals surface area contributed by atoms with Crippen molar-refractivity contribution < 1.29 is 12.8 Å². The molecule has 0 saturated carbocycles. The number of imidazole rings is 1. The van der Waals surface area contributed by atoms with Gasteiger partial charge in [0.1, 0.15) is 27.6 Å². The summed E-state index contributed by atoms with van der Waals surface area (Å²) < 4.78 is 41.2. The largest absolute Gasteiger partial charge is 0.386 e. The third-order valence-corrected chi connectivity index (χ3v) is 9.34. The second-order valence-electron chi connectivity index (χ2n) is 9.07. The lowest BCUT2D eigenvalue weighted by molar-refractivity contribution is 0.475. The first-order chi connectivity index (χ1) is 14.8. The Kier molecular flexibility index (Phi) is 5.37. The fourth-order valence-corrected chi connectivity index (χ4v) is 5.95. The van der Waals surface area contributed by atoms with Gasteiger partial charge in [0.25, 0.3) is 0 Å². The third-order valence-electron chi connectivity index (χ3n) is 6.41. The van der Waals surface area contributed by atoms with Gasteiger partial charge in [-0.2, -0.15) is 0 Å². The average molecular weight is 477 g/mol. The summed E-state index contributed by atoms with van der Waals surface area (Å²) in [4.78, 5) is 9.12. The molecule has 0 saturated heterocycles. The summed E-state index contributed by atoms with van der Waals surface area (Å²) in [5.74, 6) is -0.809. The van der Waals surface area contributed by atoms with Gasteiger partial charge in [0.15, 0.2) is 9.84 Å². The molecular formula is C23H26ClFN4O2S. The molecule has 170 valence electrons. The number of aliphatic imine (C=N–C) groups is 1. The number of aryl methyl sites for hydroxylation is 3. The maximum Gasteiger partial charge on any atom is 0.165 e. The minimum absolute atomic E-state index is 0.00459. The zero-order chi connectivity index (χ0) is 23.5. The molecule has 1 aliphatic heterocycles. The van der Waals surface area contributed by atoms with Crippen molar-refractivity contribution in [1.82, 2.24) is 9.38 Å². The lowest BCUT2D eigenvalue weighted by atomic mass is 9.91. The number of aromatic nitrogens is 2. The number of fused-ring (bicyclic) bond motifs is 1. The first-order valence-electron chi connectivity index (χ1n) is 10.3. The molecule has 4 rings (SSSR count). The van der Waals surface area contributed by atoms with Crippen molar-refractivity contribution in [1.29, 1.82) is 0 Å². The van der Waals surface area contributed by atoms with Crippen LogP contribution in [-0.2, 0) is 28.2 Å². The zero-order valence-corrected chi connectivity index (χ0v) is 20.1. The van der Waals surface area contributed by atoms with Gasteiger partial charge in [-0.15, -0.1) is 0 Å².